The quantitative estimate of drug-likeness (QED) is 0.800. The lowest BCUT2D eigenvalue weighted by Crippen LogP contribution is -2.12. The summed E-state index contributed by atoms with van der Waals surface area (Å²) in [5.41, 5.74) is 0.808. The van der Waals surface area contributed by atoms with Crippen LogP contribution < -0.4 is 0 Å². The smallest absolute Gasteiger partial charge is 0.199 e. The molecule has 0 amide bonds. The molecule has 7 heteroatoms. The van der Waals surface area contributed by atoms with E-state index in [1.54, 1.807) is 6.92 Å². The van der Waals surface area contributed by atoms with Crippen LogP contribution in [0.1, 0.15) is 46.0 Å². The first kappa shape index (κ1) is 15.2. The van der Waals surface area contributed by atoms with Crippen molar-refractivity contribution in [3.8, 4) is 0 Å². The Bertz CT molecular complexity index is 866. The summed E-state index contributed by atoms with van der Waals surface area (Å²) < 4.78 is 29.3. The maximum Gasteiger partial charge on any atom is 0.199 e. The molecular formula is C15H14ClNO4S. The Labute approximate surface area is 133 Å². The summed E-state index contributed by atoms with van der Waals surface area (Å²) in [5, 5.41) is 4.00. The van der Waals surface area contributed by atoms with Gasteiger partial charge in [-0.05, 0) is 37.5 Å². The molecular weight excluding hydrogens is 326 g/mol. The highest BCUT2D eigenvalue weighted by molar-refractivity contribution is 7.90. The van der Waals surface area contributed by atoms with Gasteiger partial charge in [0, 0.05) is 22.8 Å². The van der Waals surface area contributed by atoms with Gasteiger partial charge >= 0.3 is 0 Å². The van der Waals surface area contributed by atoms with E-state index in [1.807, 2.05) is 0 Å². The van der Waals surface area contributed by atoms with E-state index in [0.717, 1.165) is 19.1 Å². The van der Waals surface area contributed by atoms with Gasteiger partial charge in [0.25, 0.3) is 0 Å². The maximum absolute atomic E-state index is 12.8. The number of halogens is 1. The summed E-state index contributed by atoms with van der Waals surface area (Å²) in [5.74, 6) is 0.344. The third kappa shape index (κ3) is 2.57. The molecule has 1 aliphatic rings. The van der Waals surface area contributed by atoms with Crippen LogP contribution >= 0.6 is 11.6 Å². The Morgan fingerprint density at radius 2 is 2.00 bits per heavy atom. The zero-order valence-corrected chi connectivity index (χ0v) is 13.7. The van der Waals surface area contributed by atoms with Gasteiger partial charge in [0.15, 0.2) is 21.4 Å². The average Bonchev–Trinajstić information content (AvgIpc) is 3.17. The van der Waals surface area contributed by atoms with Crippen molar-refractivity contribution < 1.29 is 17.7 Å². The van der Waals surface area contributed by atoms with E-state index in [1.165, 1.54) is 18.3 Å². The molecule has 2 aromatic rings. The highest BCUT2D eigenvalue weighted by Crippen LogP contribution is 2.42. The maximum atomic E-state index is 12.8. The van der Waals surface area contributed by atoms with Crippen LogP contribution in [0.15, 0.2) is 27.7 Å². The van der Waals surface area contributed by atoms with E-state index in [4.69, 9.17) is 16.1 Å². The molecule has 0 radical (unpaired) electrons. The van der Waals surface area contributed by atoms with Crippen molar-refractivity contribution in [1.82, 2.24) is 5.16 Å². The van der Waals surface area contributed by atoms with Crippen molar-refractivity contribution in [3.63, 3.8) is 0 Å². The van der Waals surface area contributed by atoms with E-state index < -0.39 is 15.6 Å². The van der Waals surface area contributed by atoms with E-state index in [-0.39, 0.29) is 16.4 Å². The minimum atomic E-state index is -3.60. The van der Waals surface area contributed by atoms with Crippen molar-refractivity contribution in [2.24, 2.45) is 0 Å². The Hall–Kier alpha value is -1.66. The molecule has 116 valence electrons. The molecule has 22 heavy (non-hydrogen) atoms. The van der Waals surface area contributed by atoms with Crippen molar-refractivity contribution in [2.75, 3.05) is 6.26 Å². The molecule has 1 aromatic heterocycles. The number of carbonyl (C=O) groups is 1. The second-order valence-corrected chi connectivity index (χ2v) is 7.89. The summed E-state index contributed by atoms with van der Waals surface area (Å²) >= 11 is 6.01. The fraction of sp³-hybridized carbons (Fsp3) is 0.333. The second kappa shape index (κ2) is 5.21. The first-order chi connectivity index (χ1) is 10.3. The van der Waals surface area contributed by atoms with E-state index in [0.29, 0.717) is 21.9 Å². The molecule has 0 N–H and O–H groups in total. The Balaban J connectivity index is 2.18. The predicted octanol–water partition coefficient (Wildman–Crippen LogP) is 3.15. The monoisotopic (exact) mass is 339 g/mol. The standard InChI is InChI=1S/C15H14ClNO4S/c1-8-12(16)6-5-10(15(8)22(2,19)20)13(18)11-7-17-21-14(11)9-3-4-9/h5-7,9H,3-4H2,1-2H3. The highest BCUT2D eigenvalue weighted by Gasteiger charge is 2.34. The zero-order valence-electron chi connectivity index (χ0n) is 12.1. The van der Waals surface area contributed by atoms with Gasteiger partial charge in [-0.3, -0.25) is 4.79 Å². The summed E-state index contributed by atoms with van der Waals surface area (Å²) in [7, 11) is -3.60. The zero-order chi connectivity index (χ0) is 16.1. The van der Waals surface area contributed by atoms with Gasteiger partial charge in [-0.1, -0.05) is 16.8 Å². The molecule has 0 spiro atoms. The normalized spacial score (nSPS) is 15.0. The summed E-state index contributed by atoms with van der Waals surface area (Å²) in [4.78, 5) is 12.7. The first-order valence-corrected chi connectivity index (χ1v) is 9.06. The van der Waals surface area contributed by atoms with Gasteiger partial charge < -0.3 is 4.52 Å². The molecule has 1 fully saturated rings. The van der Waals surface area contributed by atoms with Crippen molar-refractivity contribution in [1.29, 1.82) is 0 Å². The van der Waals surface area contributed by atoms with Crippen LogP contribution in [0.2, 0.25) is 5.02 Å². The van der Waals surface area contributed by atoms with Gasteiger partial charge in [0.05, 0.1) is 16.7 Å². The van der Waals surface area contributed by atoms with E-state index >= 15 is 0 Å². The SMILES string of the molecule is Cc1c(Cl)ccc(C(=O)c2cnoc2C2CC2)c1S(C)(=O)=O. The van der Waals surface area contributed by atoms with Crippen LogP contribution in [0, 0.1) is 6.92 Å². The van der Waals surface area contributed by atoms with Crippen molar-refractivity contribution >= 4 is 27.2 Å². The predicted molar refractivity (Wildman–Crippen MR) is 81.2 cm³/mol. The van der Waals surface area contributed by atoms with Crippen LogP contribution in [0.4, 0.5) is 0 Å². The third-order valence-electron chi connectivity index (χ3n) is 3.75. The fourth-order valence-corrected chi connectivity index (χ4v) is 3.97. The molecule has 3 rings (SSSR count). The molecule has 0 atom stereocenters. The molecule has 1 heterocycles. The number of sulfone groups is 1. The Morgan fingerprint density at radius 3 is 2.59 bits per heavy atom. The molecule has 5 nitrogen and oxygen atoms in total. The number of rotatable bonds is 4. The van der Waals surface area contributed by atoms with Crippen LogP contribution in [-0.4, -0.2) is 25.6 Å². The van der Waals surface area contributed by atoms with Gasteiger partial charge in [0.2, 0.25) is 0 Å². The molecule has 0 saturated heterocycles. The van der Waals surface area contributed by atoms with Crippen molar-refractivity contribution in [3.05, 3.63) is 45.8 Å². The highest BCUT2D eigenvalue weighted by atomic mass is 35.5. The average molecular weight is 340 g/mol. The van der Waals surface area contributed by atoms with Crippen LogP contribution in [0.25, 0.3) is 0 Å². The number of benzene rings is 1. The Kier molecular flexibility index (Phi) is 3.61. The van der Waals surface area contributed by atoms with Crippen LogP contribution in [-0.2, 0) is 9.84 Å². The number of nitrogens with zero attached hydrogens (tertiary/aromatic N) is 1. The summed E-state index contributed by atoms with van der Waals surface area (Å²) in [6.07, 6.45) is 4.33. The number of aromatic nitrogens is 1. The van der Waals surface area contributed by atoms with Crippen LogP contribution in [0.3, 0.4) is 0 Å². The lowest BCUT2D eigenvalue weighted by molar-refractivity contribution is 0.103. The third-order valence-corrected chi connectivity index (χ3v) is 5.42. The first-order valence-electron chi connectivity index (χ1n) is 6.79. The number of hydrogen-bond donors (Lipinski definition) is 0. The van der Waals surface area contributed by atoms with Gasteiger partial charge in [-0.25, -0.2) is 8.42 Å². The molecule has 0 unspecified atom stereocenters. The van der Waals surface area contributed by atoms with E-state index in [9.17, 15) is 13.2 Å². The lowest BCUT2D eigenvalue weighted by Gasteiger charge is -2.11. The number of hydrogen-bond acceptors (Lipinski definition) is 5. The molecule has 0 aliphatic heterocycles. The Morgan fingerprint density at radius 1 is 1.32 bits per heavy atom. The lowest BCUT2D eigenvalue weighted by atomic mass is 10.0. The minimum Gasteiger partial charge on any atom is -0.360 e. The fourth-order valence-electron chi connectivity index (χ4n) is 2.53. The van der Waals surface area contributed by atoms with Crippen molar-refractivity contribution in [2.45, 2.75) is 30.6 Å². The second-order valence-electron chi connectivity index (χ2n) is 5.53. The number of ketones is 1. The van der Waals surface area contributed by atoms with Crippen LogP contribution in [0.5, 0.6) is 0 Å². The molecule has 1 aliphatic carbocycles. The van der Waals surface area contributed by atoms with E-state index in [2.05, 4.69) is 5.16 Å². The summed E-state index contributed by atoms with van der Waals surface area (Å²) in [6, 6.07) is 2.97. The molecule has 0 bridgehead atoms. The number of carbonyl (C=O) groups excluding carboxylic acids is 1. The minimum absolute atomic E-state index is 0.0343. The largest absolute Gasteiger partial charge is 0.360 e. The van der Waals surface area contributed by atoms with Gasteiger partial charge in [-0.15, -0.1) is 0 Å². The summed E-state index contributed by atoms with van der Waals surface area (Å²) in [6.45, 7) is 1.59. The van der Waals surface area contributed by atoms with Gasteiger partial charge in [0.1, 0.15) is 0 Å². The topological polar surface area (TPSA) is 77.2 Å². The molecule has 1 saturated carbocycles. The molecule has 1 aromatic carbocycles. The van der Waals surface area contributed by atoms with Gasteiger partial charge in [-0.2, -0.15) is 0 Å².